The van der Waals surface area contributed by atoms with Gasteiger partial charge in [-0.05, 0) is 31.2 Å². The molecule has 0 radical (unpaired) electrons. The second kappa shape index (κ2) is 5.45. The summed E-state index contributed by atoms with van der Waals surface area (Å²) in [6, 6.07) is 6.13. The summed E-state index contributed by atoms with van der Waals surface area (Å²) in [6.07, 6.45) is 0. The van der Waals surface area contributed by atoms with Crippen molar-refractivity contribution in [3.05, 3.63) is 29.8 Å². The van der Waals surface area contributed by atoms with E-state index in [1.165, 1.54) is 4.90 Å². The minimum absolute atomic E-state index is 0.0740. The number of nitrogens with two attached hydrogens (primary N) is 1. The molecule has 3 N–H and O–H groups in total. The van der Waals surface area contributed by atoms with Crippen LogP contribution in [0.1, 0.15) is 17.3 Å². The molecule has 1 aromatic rings. The van der Waals surface area contributed by atoms with E-state index in [9.17, 15) is 9.59 Å². The lowest BCUT2D eigenvalue weighted by molar-refractivity contribution is -0.117. The standard InChI is InChI=1S/C12H17N3O2/c1-8(13)11(16)14-10-6-4-9(5-7-10)12(17)15(2)3/h4-8H,13H2,1-3H3,(H,14,16)/t8-/m1/s1. The van der Waals surface area contributed by atoms with Crippen molar-refractivity contribution >= 4 is 17.5 Å². The van der Waals surface area contributed by atoms with Crippen molar-refractivity contribution in [2.75, 3.05) is 19.4 Å². The van der Waals surface area contributed by atoms with Crippen LogP contribution in [0.2, 0.25) is 0 Å². The lowest BCUT2D eigenvalue weighted by atomic mass is 10.2. The van der Waals surface area contributed by atoms with Gasteiger partial charge in [0.1, 0.15) is 0 Å². The molecule has 0 aliphatic carbocycles. The summed E-state index contributed by atoms with van der Waals surface area (Å²) >= 11 is 0. The average Bonchev–Trinajstić information content (AvgIpc) is 2.28. The van der Waals surface area contributed by atoms with Gasteiger partial charge in [0.15, 0.2) is 0 Å². The summed E-state index contributed by atoms with van der Waals surface area (Å²) in [7, 11) is 3.38. The van der Waals surface area contributed by atoms with Crippen molar-refractivity contribution in [1.82, 2.24) is 4.90 Å². The van der Waals surface area contributed by atoms with Gasteiger partial charge in [-0.25, -0.2) is 0 Å². The molecule has 0 fully saturated rings. The molecule has 0 aliphatic rings. The minimum Gasteiger partial charge on any atom is -0.345 e. The number of hydrogen-bond acceptors (Lipinski definition) is 3. The van der Waals surface area contributed by atoms with Gasteiger partial charge in [0, 0.05) is 25.3 Å². The first-order valence-corrected chi connectivity index (χ1v) is 5.30. The Labute approximate surface area is 101 Å². The summed E-state index contributed by atoms with van der Waals surface area (Å²) in [5, 5.41) is 2.65. The van der Waals surface area contributed by atoms with E-state index in [-0.39, 0.29) is 11.8 Å². The molecule has 2 amide bonds. The largest absolute Gasteiger partial charge is 0.345 e. The predicted octanol–water partition coefficient (Wildman–Crippen LogP) is 0.674. The molecule has 17 heavy (non-hydrogen) atoms. The summed E-state index contributed by atoms with van der Waals surface area (Å²) in [5.74, 6) is -0.327. The molecule has 0 bridgehead atoms. The molecule has 0 aromatic heterocycles. The van der Waals surface area contributed by atoms with Crippen molar-refractivity contribution in [3.63, 3.8) is 0 Å². The van der Waals surface area contributed by atoms with Crippen molar-refractivity contribution in [2.24, 2.45) is 5.73 Å². The number of rotatable bonds is 3. The molecule has 1 atom stereocenters. The van der Waals surface area contributed by atoms with E-state index in [1.807, 2.05) is 0 Å². The first-order chi connectivity index (χ1) is 7.91. The maximum Gasteiger partial charge on any atom is 0.253 e. The number of amides is 2. The fraction of sp³-hybridized carbons (Fsp3) is 0.333. The number of carbonyl (C=O) groups excluding carboxylic acids is 2. The Morgan fingerprint density at radius 1 is 1.24 bits per heavy atom. The molecular formula is C12H17N3O2. The normalized spacial score (nSPS) is 11.8. The Bertz CT molecular complexity index is 410. The average molecular weight is 235 g/mol. The van der Waals surface area contributed by atoms with Crippen LogP contribution in [0.5, 0.6) is 0 Å². The Morgan fingerprint density at radius 3 is 2.18 bits per heavy atom. The zero-order valence-electron chi connectivity index (χ0n) is 10.2. The molecule has 0 heterocycles. The number of anilines is 1. The highest BCUT2D eigenvalue weighted by Gasteiger charge is 2.09. The van der Waals surface area contributed by atoms with Crippen molar-refractivity contribution < 1.29 is 9.59 Å². The Balaban J connectivity index is 2.75. The highest BCUT2D eigenvalue weighted by atomic mass is 16.2. The molecular weight excluding hydrogens is 218 g/mol. The molecule has 92 valence electrons. The van der Waals surface area contributed by atoms with Gasteiger partial charge in [-0.2, -0.15) is 0 Å². The molecule has 0 spiro atoms. The summed E-state index contributed by atoms with van der Waals surface area (Å²) < 4.78 is 0. The number of hydrogen-bond donors (Lipinski definition) is 2. The van der Waals surface area contributed by atoms with Crippen LogP contribution in [0.25, 0.3) is 0 Å². The second-order valence-electron chi connectivity index (χ2n) is 4.05. The lowest BCUT2D eigenvalue weighted by Crippen LogP contribution is -2.32. The topological polar surface area (TPSA) is 75.4 Å². The number of carbonyl (C=O) groups is 2. The quantitative estimate of drug-likeness (QED) is 0.808. The SMILES string of the molecule is C[C@@H](N)C(=O)Nc1ccc(C(=O)N(C)C)cc1. The highest BCUT2D eigenvalue weighted by Crippen LogP contribution is 2.10. The fourth-order valence-electron chi connectivity index (χ4n) is 1.21. The van der Waals surface area contributed by atoms with Gasteiger partial charge in [-0.3, -0.25) is 9.59 Å². The van der Waals surface area contributed by atoms with Crippen LogP contribution in [-0.4, -0.2) is 36.9 Å². The summed E-state index contributed by atoms with van der Waals surface area (Å²) in [6.45, 7) is 1.61. The minimum atomic E-state index is -0.557. The van der Waals surface area contributed by atoms with E-state index in [4.69, 9.17) is 5.73 Å². The molecule has 5 heteroatoms. The summed E-state index contributed by atoms with van der Waals surface area (Å²) in [4.78, 5) is 24.4. The van der Waals surface area contributed by atoms with Crippen LogP contribution in [0.4, 0.5) is 5.69 Å². The van der Waals surface area contributed by atoms with E-state index in [1.54, 1.807) is 45.3 Å². The number of nitrogens with zero attached hydrogens (tertiary/aromatic N) is 1. The van der Waals surface area contributed by atoms with E-state index in [0.717, 1.165) is 0 Å². The van der Waals surface area contributed by atoms with Crippen LogP contribution >= 0.6 is 0 Å². The van der Waals surface area contributed by atoms with E-state index >= 15 is 0 Å². The van der Waals surface area contributed by atoms with Gasteiger partial charge in [0.25, 0.3) is 5.91 Å². The number of benzene rings is 1. The van der Waals surface area contributed by atoms with Gasteiger partial charge in [-0.15, -0.1) is 0 Å². The van der Waals surface area contributed by atoms with Gasteiger partial charge >= 0.3 is 0 Å². The van der Waals surface area contributed by atoms with Crippen molar-refractivity contribution in [1.29, 1.82) is 0 Å². The maximum absolute atomic E-state index is 11.6. The van der Waals surface area contributed by atoms with Gasteiger partial charge < -0.3 is 16.0 Å². The molecule has 5 nitrogen and oxygen atoms in total. The molecule has 1 aromatic carbocycles. The van der Waals surface area contributed by atoms with E-state index in [0.29, 0.717) is 11.3 Å². The number of nitrogens with one attached hydrogen (secondary N) is 1. The molecule has 0 saturated carbocycles. The van der Waals surface area contributed by atoms with Crippen LogP contribution in [-0.2, 0) is 4.79 Å². The first-order valence-electron chi connectivity index (χ1n) is 5.30. The predicted molar refractivity (Wildman–Crippen MR) is 66.7 cm³/mol. The molecule has 0 saturated heterocycles. The van der Waals surface area contributed by atoms with Gasteiger partial charge in [-0.1, -0.05) is 0 Å². The summed E-state index contributed by atoms with van der Waals surface area (Å²) in [5.41, 5.74) is 6.63. The fourth-order valence-corrected chi connectivity index (χ4v) is 1.21. The highest BCUT2D eigenvalue weighted by molar-refractivity contribution is 5.96. The third-order valence-electron chi connectivity index (χ3n) is 2.22. The van der Waals surface area contributed by atoms with Crippen LogP contribution in [0.3, 0.4) is 0 Å². The maximum atomic E-state index is 11.6. The molecule has 1 rings (SSSR count). The van der Waals surface area contributed by atoms with Crippen molar-refractivity contribution in [2.45, 2.75) is 13.0 Å². The smallest absolute Gasteiger partial charge is 0.253 e. The lowest BCUT2D eigenvalue weighted by Gasteiger charge is -2.11. The zero-order chi connectivity index (χ0) is 13.0. The third-order valence-corrected chi connectivity index (χ3v) is 2.22. The monoisotopic (exact) mass is 235 g/mol. The first kappa shape index (κ1) is 13.2. The second-order valence-corrected chi connectivity index (χ2v) is 4.05. The zero-order valence-corrected chi connectivity index (χ0v) is 10.2. The van der Waals surface area contributed by atoms with Gasteiger partial charge in [0.2, 0.25) is 5.91 Å². The van der Waals surface area contributed by atoms with E-state index in [2.05, 4.69) is 5.32 Å². The van der Waals surface area contributed by atoms with Gasteiger partial charge in [0.05, 0.1) is 6.04 Å². The third kappa shape index (κ3) is 3.57. The van der Waals surface area contributed by atoms with Crippen LogP contribution in [0, 0.1) is 0 Å². The van der Waals surface area contributed by atoms with E-state index < -0.39 is 6.04 Å². The Kier molecular flexibility index (Phi) is 4.23. The Morgan fingerprint density at radius 2 is 1.76 bits per heavy atom. The van der Waals surface area contributed by atoms with Crippen molar-refractivity contribution in [3.8, 4) is 0 Å². The van der Waals surface area contributed by atoms with Crippen LogP contribution < -0.4 is 11.1 Å². The van der Waals surface area contributed by atoms with Crippen LogP contribution in [0.15, 0.2) is 24.3 Å². The Hall–Kier alpha value is -1.88. The molecule has 0 unspecified atom stereocenters. The molecule has 0 aliphatic heterocycles.